The third kappa shape index (κ3) is 3.88. The minimum Gasteiger partial charge on any atom is -0.444 e. The molecule has 0 spiro atoms. The first-order valence-electron chi connectivity index (χ1n) is 6.33. The molecule has 0 saturated carbocycles. The molecule has 2 heterocycles. The highest BCUT2D eigenvalue weighted by Crippen LogP contribution is 2.19. The van der Waals surface area contributed by atoms with Gasteiger partial charge in [0.15, 0.2) is 10.6 Å². The van der Waals surface area contributed by atoms with Gasteiger partial charge in [-0.1, -0.05) is 0 Å². The second-order valence-electron chi connectivity index (χ2n) is 5.50. The van der Waals surface area contributed by atoms with Crippen molar-refractivity contribution in [3.63, 3.8) is 0 Å². The summed E-state index contributed by atoms with van der Waals surface area (Å²) in [6, 6.07) is 1.75. The molecule has 0 fully saturated rings. The number of rotatable bonds is 2. The Balaban J connectivity index is 2.21. The van der Waals surface area contributed by atoms with Crippen LogP contribution in [-0.4, -0.2) is 31.4 Å². The predicted molar refractivity (Wildman–Crippen MR) is 81.5 cm³/mol. The van der Waals surface area contributed by atoms with E-state index in [1.165, 1.54) is 6.20 Å². The molecule has 1 amide bonds. The number of amides is 1. The number of pyridine rings is 1. The first-order valence-corrected chi connectivity index (χ1v) is 6.74. The molecular formula is C13H17N5O2S. The van der Waals surface area contributed by atoms with Crippen LogP contribution < -0.4 is 5.32 Å². The van der Waals surface area contributed by atoms with E-state index in [4.69, 9.17) is 17.0 Å². The van der Waals surface area contributed by atoms with Crippen LogP contribution in [0, 0.1) is 4.77 Å². The Bertz CT molecular complexity index is 714. The summed E-state index contributed by atoms with van der Waals surface area (Å²) in [5.41, 5.74) is 0.704. The van der Waals surface area contributed by atoms with E-state index in [0.29, 0.717) is 16.3 Å². The number of H-pyrrole nitrogens is 1. The molecule has 0 bridgehead atoms. The van der Waals surface area contributed by atoms with Gasteiger partial charge in [-0.15, -0.1) is 0 Å². The van der Waals surface area contributed by atoms with Gasteiger partial charge in [0.05, 0.1) is 11.9 Å². The fourth-order valence-corrected chi connectivity index (χ4v) is 1.79. The Kier molecular flexibility index (Phi) is 4.08. The van der Waals surface area contributed by atoms with Crippen molar-refractivity contribution in [1.82, 2.24) is 19.7 Å². The van der Waals surface area contributed by atoms with Crippen LogP contribution in [0.25, 0.3) is 11.4 Å². The molecule has 2 rings (SSSR count). The number of carbonyl (C=O) groups excluding carboxylic acids is 1. The van der Waals surface area contributed by atoms with Crippen molar-refractivity contribution >= 4 is 24.0 Å². The normalized spacial score (nSPS) is 11.2. The largest absolute Gasteiger partial charge is 0.444 e. The van der Waals surface area contributed by atoms with E-state index in [-0.39, 0.29) is 0 Å². The Morgan fingerprint density at radius 1 is 1.43 bits per heavy atom. The molecule has 0 unspecified atom stereocenters. The van der Waals surface area contributed by atoms with Crippen LogP contribution in [0.1, 0.15) is 20.8 Å². The maximum absolute atomic E-state index is 11.7. The molecule has 8 heteroatoms. The summed E-state index contributed by atoms with van der Waals surface area (Å²) in [6.07, 6.45) is 2.65. The lowest BCUT2D eigenvalue weighted by atomic mass is 10.2. The van der Waals surface area contributed by atoms with Gasteiger partial charge in [0.25, 0.3) is 0 Å². The number of aromatic amines is 1. The molecule has 0 aliphatic rings. The van der Waals surface area contributed by atoms with E-state index in [9.17, 15) is 4.79 Å². The van der Waals surface area contributed by atoms with Crippen molar-refractivity contribution in [2.45, 2.75) is 26.4 Å². The molecule has 7 nitrogen and oxygen atoms in total. The Morgan fingerprint density at radius 3 is 2.71 bits per heavy atom. The van der Waals surface area contributed by atoms with Crippen molar-refractivity contribution < 1.29 is 9.53 Å². The number of nitrogens with zero attached hydrogens (tertiary/aromatic N) is 3. The third-order valence-electron chi connectivity index (χ3n) is 2.52. The fourth-order valence-electron chi connectivity index (χ4n) is 1.66. The predicted octanol–water partition coefficient (Wildman–Crippen LogP) is 2.89. The molecular weight excluding hydrogens is 290 g/mol. The van der Waals surface area contributed by atoms with Gasteiger partial charge < -0.3 is 9.30 Å². The van der Waals surface area contributed by atoms with Gasteiger partial charge in [-0.3, -0.25) is 15.4 Å². The monoisotopic (exact) mass is 307 g/mol. The lowest BCUT2D eigenvalue weighted by molar-refractivity contribution is 0.0636. The van der Waals surface area contributed by atoms with Crippen LogP contribution in [0.3, 0.4) is 0 Å². The topological polar surface area (TPSA) is 84.8 Å². The SMILES string of the molecule is Cn1c(-c2cncc(NC(=O)OC(C)(C)C)c2)n[nH]c1=S. The van der Waals surface area contributed by atoms with Gasteiger partial charge in [0.1, 0.15) is 5.60 Å². The van der Waals surface area contributed by atoms with Gasteiger partial charge in [0, 0.05) is 18.8 Å². The molecule has 0 atom stereocenters. The van der Waals surface area contributed by atoms with E-state index in [1.54, 1.807) is 44.6 Å². The highest BCUT2D eigenvalue weighted by Gasteiger charge is 2.16. The summed E-state index contributed by atoms with van der Waals surface area (Å²) in [7, 11) is 1.80. The molecule has 112 valence electrons. The minimum absolute atomic E-state index is 0.510. The lowest BCUT2D eigenvalue weighted by Crippen LogP contribution is -2.27. The van der Waals surface area contributed by atoms with Crippen molar-refractivity contribution in [3.8, 4) is 11.4 Å². The minimum atomic E-state index is -0.555. The number of carbonyl (C=O) groups is 1. The van der Waals surface area contributed by atoms with Crippen molar-refractivity contribution in [2.24, 2.45) is 7.05 Å². The highest BCUT2D eigenvalue weighted by molar-refractivity contribution is 7.71. The second-order valence-corrected chi connectivity index (χ2v) is 5.89. The number of ether oxygens (including phenoxy) is 1. The van der Waals surface area contributed by atoms with Crippen LogP contribution in [0.2, 0.25) is 0 Å². The van der Waals surface area contributed by atoms with Crippen LogP contribution >= 0.6 is 12.2 Å². The van der Waals surface area contributed by atoms with Crippen LogP contribution in [0.5, 0.6) is 0 Å². The van der Waals surface area contributed by atoms with Crippen molar-refractivity contribution in [3.05, 3.63) is 23.2 Å². The first-order chi connectivity index (χ1) is 9.76. The zero-order valence-corrected chi connectivity index (χ0v) is 13.1. The molecule has 0 aliphatic heterocycles. The van der Waals surface area contributed by atoms with Gasteiger partial charge in [0.2, 0.25) is 0 Å². The van der Waals surface area contributed by atoms with Crippen molar-refractivity contribution in [1.29, 1.82) is 0 Å². The maximum Gasteiger partial charge on any atom is 0.412 e. The van der Waals surface area contributed by atoms with Crippen LogP contribution in [-0.2, 0) is 11.8 Å². The Hall–Kier alpha value is -2.22. The van der Waals surface area contributed by atoms with Gasteiger partial charge in [-0.25, -0.2) is 4.79 Å². The molecule has 2 N–H and O–H groups in total. The fraction of sp³-hybridized carbons (Fsp3) is 0.385. The summed E-state index contributed by atoms with van der Waals surface area (Å²) >= 11 is 5.07. The van der Waals surface area contributed by atoms with E-state index in [0.717, 1.165) is 5.56 Å². The smallest absolute Gasteiger partial charge is 0.412 e. The highest BCUT2D eigenvalue weighted by atomic mass is 32.1. The Morgan fingerprint density at radius 2 is 2.14 bits per heavy atom. The average Bonchev–Trinajstić information content (AvgIpc) is 2.68. The van der Waals surface area contributed by atoms with E-state index >= 15 is 0 Å². The van der Waals surface area contributed by atoms with Crippen LogP contribution in [0.4, 0.5) is 10.5 Å². The lowest BCUT2D eigenvalue weighted by Gasteiger charge is -2.19. The summed E-state index contributed by atoms with van der Waals surface area (Å²) in [5, 5.41) is 9.47. The summed E-state index contributed by atoms with van der Waals surface area (Å²) < 4.78 is 7.43. The summed E-state index contributed by atoms with van der Waals surface area (Å²) in [5.74, 6) is 0.639. The third-order valence-corrected chi connectivity index (χ3v) is 2.89. The zero-order valence-electron chi connectivity index (χ0n) is 12.3. The first kappa shape index (κ1) is 15.2. The molecule has 21 heavy (non-hydrogen) atoms. The molecule has 0 aliphatic carbocycles. The number of anilines is 1. The van der Waals surface area contributed by atoms with Gasteiger partial charge in [-0.05, 0) is 39.1 Å². The number of aromatic nitrogens is 4. The average molecular weight is 307 g/mol. The van der Waals surface area contributed by atoms with E-state index in [2.05, 4.69) is 20.5 Å². The van der Waals surface area contributed by atoms with E-state index < -0.39 is 11.7 Å². The number of hydrogen-bond acceptors (Lipinski definition) is 5. The number of nitrogens with one attached hydrogen (secondary N) is 2. The molecule has 0 radical (unpaired) electrons. The quantitative estimate of drug-likeness (QED) is 0.833. The second kappa shape index (κ2) is 5.65. The standard InChI is InChI=1S/C13H17N5O2S/c1-13(2,3)20-12(19)15-9-5-8(6-14-7-9)10-16-17-11(21)18(10)4/h5-7H,1-4H3,(H,15,19)(H,17,21). The molecule has 0 aromatic carbocycles. The summed E-state index contributed by atoms with van der Waals surface area (Å²) in [6.45, 7) is 5.41. The van der Waals surface area contributed by atoms with Gasteiger partial charge >= 0.3 is 6.09 Å². The maximum atomic E-state index is 11.7. The van der Waals surface area contributed by atoms with Crippen LogP contribution in [0.15, 0.2) is 18.5 Å². The van der Waals surface area contributed by atoms with E-state index in [1.807, 2.05) is 0 Å². The van der Waals surface area contributed by atoms with Crippen molar-refractivity contribution in [2.75, 3.05) is 5.32 Å². The summed E-state index contributed by atoms with van der Waals surface area (Å²) in [4.78, 5) is 15.8. The number of hydrogen-bond donors (Lipinski definition) is 2. The molecule has 2 aromatic rings. The molecule has 2 aromatic heterocycles. The molecule has 0 saturated heterocycles. The Labute approximate surface area is 127 Å². The zero-order chi connectivity index (χ0) is 15.6. The van der Waals surface area contributed by atoms with Gasteiger partial charge in [-0.2, -0.15) is 5.10 Å².